The van der Waals surface area contributed by atoms with Crippen LogP contribution in [0.5, 0.6) is 0 Å². The van der Waals surface area contributed by atoms with Crippen LogP contribution in [0.1, 0.15) is 53.9 Å². The van der Waals surface area contributed by atoms with Crippen molar-refractivity contribution in [1.82, 2.24) is 5.32 Å². The Hall–Kier alpha value is -0.570. The zero-order valence-electron chi connectivity index (χ0n) is 10.8. The highest BCUT2D eigenvalue weighted by atomic mass is 16.2. The molecule has 0 aromatic rings. The lowest BCUT2D eigenvalue weighted by molar-refractivity contribution is -0.124. The van der Waals surface area contributed by atoms with E-state index in [4.69, 9.17) is 5.73 Å². The van der Waals surface area contributed by atoms with Gasteiger partial charge in [-0.1, -0.05) is 27.2 Å². The zero-order chi connectivity index (χ0) is 12.1. The molecule has 0 aromatic carbocycles. The van der Waals surface area contributed by atoms with E-state index in [1.165, 1.54) is 0 Å². The molecule has 3 heteroatoms. The maximum Gasteiger partial charge on any atom is 0.237 e. The maximum atomic E-state index is 11.7. The van der Waals surface area contributed by atoms with Gasteiger partial charge in [-0.05, 0) is 32.6 Å². The van der Waals surface area contributed by atoms with E-state index < -0.39 is 0 Å². The van der Waals surface area contributed by atoms with Crippen molar-refractivity contribution in [3.05, 3.63) is 0 Å². The first-order chi connectivity index (χ1) is 6.78. The van der Waals surface area contributed by atoms with Crippen molar-refractivity contribution in [2.75, 3.05) is 0 Å². The van der Waals surface area contributed by atoms with E-state index in [0.717, 1.165) is 19.3 Å². The molecule has 0 aliphatic rings. The molecule has 0 aromatic heterocycles. The molecule has 0 spiro atoms. The van der Waals surface area contributed by atoms with Crippen LogP contribution in [-0.4, -0.2) is 17.5 Å². The van der Waals surface area contributed by atoms with Crippen molar-refractivity contribution in [2.24, 2.45) is 11.7 Å². The van der Waals surface area contributed by atoms with Crippen molar-refractivity contribution >= 4 is 5.91 Å². The Balaban J connectivity index is 4.14. The standard InChI is InChI=1S/C12H26N2O/c1-6-7-10(13)11(15)14-12(4,5)8-9(2)3/h9-10H,6-8,13H2,1-5H3,(H,14,15). The van der Waals surface area contributed by atoms with Crippen LogP contribution in [0.25, 0.3) is 0 Å². The number of rotatable bonds is 6. The molecule has 1 atom stereocenters. The van der Waals surface area contributed by atoms with Crippen LogP contribution in [0.3, 0.4) is 0 Å². The van der Waals surface area contributed by atoms with E-state index in [0.29, 0.717) is 5.92 Å². The Kier molecular flexibility index (Phi) is 5.88. The molecule has 0 bridgehead atoms. The highest BCUT2D eigenvalue weighted by molar-refractivity contribution is 5.82. The normalized spacial score (nSPS) is 14.1. The summed E-state index contributed by atoms with van der Waals surface area (Å²) in [5.74, 6) is 0.546. The first-order valence-electron chi connectivity index (χ1n) is 5.86. The third-order valence-corrected chi connectivity index (χ3v) is 2.32. The molecule has 0 aliphatic heterocycles. The van der Waals surface area contributed by atoms with Gasteiger partial charge in [0.25, 0.3) is 0 Å². The predicted octanol–water partition coefficient (Wildman–Crippen LogP) is 2.05. The van der Waals surface area contributed by atoms with Crippen LogP contribution in [0.15, 0.2) is 0 Å². The SMILES string of the molecule is CCCC(N)C(=O)NC(C)(C)CC(C)C. The topological polar surface area (TPSA) is 55.1 Å². The summed E-state index contributed by atoms with van der Waals surface area (Å²) in [5, 5.41) is 3.01. The molecule has 90 valence electrons. The van der Waals surface area contributed by atoms with E-state index in [2.05, 4.69) is 19.2 Å². The highest BCUT2D eigenvalue weighted by Gasteiger charge is 2.24. The van der Waals surface area contributed by atoms with Crippen molar-refractivity contribution in [1.29, 1.82) is 0 Å². The Morgan fingerprint density at radius 2 is 1.93 bits per heavy atom. The molecule has 0 fully saturated rings. The van der Waals surface area contributed by atoms with Gasteiger partial charge in [-0.25, -0.2) is 0 Å². The van der Waals surface area contributed by atoms with Gasteiger partial charge in [-0.2, -0.15) is 0 Å². The molecular formula is C12H26N2O. The van der Waals surface area contributed by atoms with E-state index in [-0.39, 0.29) is 17.5 Å². The minimum absolute atomic E-state index is 0.0255. The Morgan fingerprint density at radius 3 is 2.33 bits per heavy atom. The molecule has 1 amide bonds. The first-order valence-corrected chi connectivity index (χ1v) is 5.86. The summed E-state index contributed by atoms with van der Waals surface area (Å²) in [7, 11) is 0. The molecule has 0 aliphatic carbocycles. The number of amides is 1. The minimum Gasteiger partial charge on any atom is -0.350 e. The smallest absolute Gasteiger partial charge is 0.237 e. The van der Waals surface area contributed by atoms with Gasteiger partial charge in [0.15, 0.2) is 0 Å². The third kappa shape index (κ3) is 6.50. The van der Waals surface area contributed by atoms with Gasteiger partial charge in [-0.3, -0.25) is 4.79 Å². The fourth-order valence-corrected chi connectivity index (χ4v) is 1.94. The van der Waals surface area contributed by atoms with E-state index in [1.807, 2.05) is 20.8 Å². The second kappa shape index (κ2) is 6.11. The van der Waals surface area contributed by atoms with Gasteiger partial charge in [0, 0.05) is 5.54 Å². The molecule has 0 saturated carbocycles. The lowest BCUT2D eigenvalue weighted by Crippen LogP contribution is -2.50. The molecule has 15 heavy (non-hydrogen) atoms. The van der Waals surface area contributed by atoms with E-state index in [1.54, 1.807) is 0 Å². The summed E-state index contributed by atoms with van der Waals surface area (Å²) in [6.07, 6.45) is 2.67. The fraction of sp³-hybridized carbons (Fsp3) is 0.917. The summed E-state index contributed by atoms with van der Waals surface area (Å²) >= 11 is 0. The lowest BCUT2D eigenvalue weighted by atomic mass is 9.92. The second-order valence-electron chi connectivity index (χ2n) is 5.37. The number of hydrogen-bond acceptors (Lipinski definition) is 2. The van der Waals surface area contributed by atoms with Crippen molar-refractivity contribution < 1.29 is 4.79 Å². The number of carbonyl (C=O) groups excluding carboxylic acids is 1. The summed E-state index contributed by atoms with van der Waals surface area (Å²) in [4.78, 5) is 11.7. The number of hydrogen-bond donors (Lipinski definition) is 2. The number of nitrogens with two attached hydrogens (primary N) is 1. The summed E-state index contributed by atoms with van der Waals surface area (Å²) < 4.78 is 0. The molecule has 0 saturated heterocycles. The second-order valence-corrected chi connectivity index (χ2v) is 5.37. The quantitative estimate of drug-likeness (QED) is 0.711. The summed E-state index contributed by atoms with van der Waals surface area (Å²) in [6.45, 7) is 10.4. The molecule has 0 heterocycles. The minimum atomic E-state index is -0.360. The van der Waals surface area contributed by atoms with Gasteiger partial charge in [0.2, 0.25) is 5.91 Å². The van der Waals surface area contributed by atoms with Crippen LogP contribution >= 0.6 is 0 Å². The van der Waals surface area contributed by atoms with Crippen molar-refractivity contribution in [3.63, 3.8) is 0 Å². The van der Waals surface area contributed by atoms with E-state index >= 15 is 0 Å². The molecule has 1 unspecified atom stereocenters. The van der Waals surface area contributed by atoms with Crippen molar-refractivity contribution in [2.45, 2.75) is 65.5 Å². The maximum absolute atomic E-state index is 11.7. The summed E-state index contributed by atoms with van der Waals surface area (Å²) in [6, 6.07) is -0.360. The zero-order valence-corrected chi connectivity index (χ0v) is 10.8. The van der Waals surface area contributed by atoms with Crippen LogP contribution in [0.2, 0.25) is 0 Å². The Labute approximate surface area is 93.8 Å². The third-order valence-electron chi connectivity index (χ3n) is 2.32. The first kappa shape index (κ1) is 14.4. The molecule has 0 rings (SSSR count). The Bertz CT molecular complexity index is 200. The number of carbonyl (C=O) groups is 1. The highest BCUT2D eigenvalue weighted by Crippen LogP contribution is 2.15. The predicted molar refractivity (Wildman–Crippen MR) is 64.6 cm³/mol. The van der Waals surface area contributed by atoms with Gasteiger partial charge in [0.05, 0.1) is 6.04 Å². The van der Waals surface area contributed by atoms with Gasteiger partial charge < -0.3 is 11.1 Å². The van der Waals surface area contributed by atoms with Gasteiger partial charge >= 0.3 is 0 Å². The lowest BCUT2D eigenvalue weighted by Gasteiger charge is -2.29. The molecule has 0 radical (unpaired) electrons. The summed E-state index contributed by atoms with van der Waals surface area (Å²) in [5.41, 5.74) is 5.60. The average Bonchev–Trinajstić information content (AvgIpc) is 2.00. The molecule has 3 nitrogen and oxygen atoms in total. The van der Waals surface area contributed by atoms with Crippen molar-refractivity contribution in [3.8, 4) is 0 Å². The number of nitrogens with one attached hydrogen (secondary N) is 1. The fourth-order valence-electron chi connectivity index (χ4n) is 1.94. The average molecular weight is 214 g/mol. The largest absolute Gasteiger partial charge is 0.350 e. The van der Waals surface area contributed by atoms with Crippen LogP contribution in [0, 0.1) is 5.92 Å². The monoisotopic (exact) mass is 214 g/mol. The molecular weight excluding hydrogens is 188 g/mol. The van der Waals surface area contributed by atoms with Crippen LogP contribution in [0.4, 0.5) is 0 Å². The Morgan fingerprint density at radius 1 is 1.40 bits per heavy atom. The van der Waals surface area contributed by atoms with Crippen LogP contribution < -0.4 is 11.1 Å². The molecule has 3 N–H and O–H groups in total. The van der Waals surface area contributed by atoms with Crippen LogP contribution in [-0.2, 0) is 4.79 Å². The van der Waals surface area contributed by atoms with Gasteiger partial charge in [-0.15, -0.1) is 0 Å². The van der Waals surface area contributed by atoms with Gasteiger partial charge in [0.1, 0.15) is 0 Å². The van der Waals surface area contributed by atoms with E-state index in [9.17, 15) is 4.79 Å².